The maximum atomic E-state index is 13.1. The molecule has 0 amide bonds. The lowest BCUT2D eigenvalue weighted by atomic mass is 10.0. The van der Waals surface area contributed by atoms with E-state index in [-0.39, 0.29) is 11.5 Å². The van der Waals surface area contributed by atoms with E-state index >= 15 is 0 Å². The van der Waals surface area contributed by atoms with Gasteiger partial charge in [0, 0.05) is 13.1 Å². The second-order valence-corrected chi connectivity index (χ2v) is 8.36. The summed E-state index contributed by atoms with van der Waals surface area (Å²) in [4.78, 5) is 15.3. The molecule has 2 heterocycles. The zero-order valence-corrected chi connectivity index (χ0v) is 20.0. The number of carbonyl (C=O) groups excluding carboxylic acids is 1. The summed E-state index contributed by atoms with van der Waals surface area (Å²) in [5.74, 6) is 3.53. The number of para-hydroxylation sites is 1. The fourth-order valence-electron chi connectivity index (χ4n) is 4.43. The van der Waals surface area contributed by atoms with Crippen molar-refractivity contribution in [3.8, 4) is 28.7 Å². The lowest BCUT2D eigenvalue weighted by Gasteiger charge is -2.29. The summed E-state index contributed by atoms with van der Waals surface area (Å²) in [5, 5.41) is 0. The number of nitrogens with zero attached hydrogens (tertiary/aromatic N) is 1. The summed E-state index contributed by atoms with van der Waals surface area (Å²) in [7, 11) is 4.85. The molecule has 0 saturated carbocycles. The Hall–Kier alpha value is -3.97. The van der Waals surface area contributed by atoms with Gasteiger partial charge >= 0.3 is 0 Å². The van der Waals surface area contributed by atoms with Crippen LogP contribution in [0.25, 0.3) is 6.08 Å². The molecule has 0 aliphatic carbocycles. The molecule has 0 spiro atoms. The number of ether oxygens (including phenoxy) is 5. The molecular weight excluding hydrogens is 446 g/mol. The van der Waals surface area contributed by atoms with E-state index in [1.165, 1.54) is 0 Å². The van der Waals surface area contributed by atoms with Gasteiger partial charge in [0.25, 0.3) is 0 Å². The van der Waals surface area contributed by atoms with Gasteiger partial charge < -0.3 is 23.7 Å². The van der Waals surface area contributed by atoms with Crippen molar-refractivity contribution in [3.63, 3.8) is 0 Å². The van der Waals surface area contributed by atoms with Crippen LogP contribution in [-0.4, -0.2) is 45.3 Å². The molecule has 0 saturated heterocycles. The SMILES string of the molecule is COc1ccccc1CCN1COc2ccc3c(c2C1)O/C(=C\c1ccc(OC)c(OC)c1)C3=O. The van der Waals surface area contributed by atoms with Crippen molar-refractivity contribution in [2.24, 2.45) is 0 Å². The van der Waals surface area contributed by atoms with Crippen molar-refractivity contribution < 1.29 is 28.5 Å². The Kier molecular flexibility index (Phi) is 6.33. The van der Waals surface area contributed by atoms with Crippen molar-refractivity contribution in [1.82, 2.24) is 4.90 Å². The molecule has 0 N–H and O–H groups in total. The molecule has 2 aliphatic rings. The van der Waals surface area contributed by atoms with E-state index in [1.54, 1.807) is 39.5 Å². The van der Waals surface area contributed by atoms with Gasteiger partial charge in [-0.15, -0.1) is 0 Å². The van der Waals surface area contributed by atoms with Gasteiger partial charge in [-0.1, -0.05) is 24.3 Å². The van der Waals surface area contributed by atoms with Crippen LogP contribution in [-0.2, 0) is 13.0 Å². The van der Waals surface area contributed by atoms with Crippen LogP contribution < -0.4 is 23.7 Å². The van der Waals surface area contributed by atoms with E-state index in [0.29, 0.717) is 36.1 Å². The number of carbonyl (C=O) groups is 1. The third kappa shape index (κ3) is 4.42. The van der Waals surface area contributed by atoms with Crippen LogP contribution in [0.15, 0.2) is 60.4 Å². The first kappa shape index (κ1) is 22.8. The molecular formula is C28H27NO6. The molecule has 0 unspecified atom stereocenters. The summed E-state index contributed by atoms with van der Waals surface area (Å²) < 4.78 is 28.3. The van der Waals surface area contributed by atoms with Gasteiger partial charge in [-0.25, -0.2) is 0 Å². The standard InChI is InChI=1S/C28H27NO6/c1-31-22-7-5-4-6-19(22)12-13-29-16-21-23(34-17-29)11-9-20-27(30)26(35-28(20)21)15-18-8-10-24(32-2)25(14-18)33-3/h4-11,14-15H,12-13,16-17H2,1-3H3/b26-15-. The Labute approximate surface area is 204 Å². The minimum absolute atomic E-state index is 0.149. The molecule has 0 atom stereocenters. The predicted octanol–water partition coefficient (Wildman–Crippen LogP) is 4.72. The molecule has 35 heavy (non-hydrogen) atoms. The second kappa shape index (κ2) is 9.72. The number of ketones is 1. The molecule has 0 fully saturated rings. The quantitative estimate of drug-likeness (QED) is 0.460. The zero-order chi connectivity index (χ0) is 24.4. The number of allylic oxidation sites excluding steroid dienone is 1. The maximum absolute atomic E-state index is 13.1. The largest absolute Gasteiger partial charge is 0.496 e. The lowest BCUT2D eigenvalue weighted by molar-refractivity contribution is 0.0948. The molecule has 3 aromatic carbocycles. The Morgan fingerprint density at radius 1 is 0.943 bits per heavy atom. The Morgan fingerprint density at radius 3 is 2.54 bits per heavy atom. The number of fused-ring (bicyclic) bond motifs is 3. The van der Waals surface area contributed by atoms with E-state index in [2.05, 4.69) is 11.0 Å². The smallest absolute Gasteiger partial charge is 0.231 e. The van der Waals surface area contributed by atoms with Crippen molar-refractivity contribution in [2.75, 3.05) is 34.6 Å². The van der Waals surface area contributed by atoms with Crippen LogP contribution >= 0.6 is 0 Å². The van der Waals surface area contributed by atoms with E-state index in [0.717, 1.165) is 41.2 Å². The van der Waals surface area contributed by atoms with E-state index in [9.17, 15) is 4.79 Å². The number of Topliss-reactive ketones (excluding diaryl/α,β-unsaturated/α-hetero) is 1. The highest BCUT2D eigenvalue weighted by Gasteiger charge is 2.33. The Morgan fingerprint density at radius 2 is 1.74 bits per heavy atom. The summed E-state index contributed by atoms with van der Waals surface area (Å²) in [6, 6.07) is 17.1. The Bertz CT molecular complexity index is 1300. The van der Waals surface area contributed by atoms with Gasteiger partial charge in [-0.05, 0) is 54.0 Å². The van der Waals surface area contributed by atoms with Crippen LogP contribution in [0.1, 0.15) is 27.0 Å². The van der Waals surface area contributed by atoms with Crippen LogP contribution in [0.5, 0.6) is 28.7 Å². The van der Waals surface area contributed by atoms with E-state index in [1.807, 2.05) is 36.4 Å². The van der Waals surface area contributed by atoms with Gasteiger partial charge in [0.2, 0.25) is 5.78 Å². The minimum Gasteiger partial charge on any atom is -0.496 e. The summed E-state index contributed by atoms with van der Waals surface area (Å²) in [6.45, 7) is 1.89. The topological polar surface area (TPSA) is 66.5 Å². The molecule has 3 aromatic rings. The molecule has 180 valence electrons. The summed E-state index contributed by atoms with van der Waals surface area (Å²) >= 11 is 0. The average Bonchev–Trinajstić information content (AvgIpc) is 3.22. The summed E-state index contributed by atoms with van der Waals surface area (Å²) in [6.07, 6.45) is 2.54. The van der Waals surface area contributed by atoms with Crippen LogP contribution in [0, 0.1) is 0 Å². The van der Waals surface area contributed by atoms with E-state index < -0.39 is 0 Å². The van der Waals surface area contributed by atoms with Crippen LogP contribution in [0.3, 0.4) is 0 Å². The average molecular weight is 474 g/mol. The van der Waals surface area contributed by atoms with Crippen molar-refractivity contribution >= 4 is 11.9 Å². The number of methoxy groups -OCH3 is 3. The maximum Gasteiger partial charge on any atom is 0.231 e. The minimum atomic E-state index is -0.149. The molecule has 5 rings (SSSR count). The van der Waals surface area contributed by atoms with Crippen LogP contribution in [0.4, 0.5) is 0 Å². The number of rotatable bonds is 7. The normalized spacial score (nSPS) is 15.7. The molecule has 0 bridgehead atoms. The van der Waals surface area contributed by atoms with Gasteiger partial charge in [-0.3, -0.25) is 9.69 Å². The fraction of sp³-hybridized carbons (Fsp3) is 0.250. The highest BCUT2D eigenvalue weighted by Crippen LogP contribution is 2.42. The first-order chi connectivity index (χ1) is 17.1. The van der Waals surface area contributed by atoms with Crippen LogP contribution in [0.2, 0.25) is 0 Å². The summed E-state index contributed by atoms with van der Waals surface area (Å²) in [5.41, 5.74) is 3.36. The second-order valence-electron chi connectivity index (χ2n) is 8.36. The molecule has 2 aliphatic heterocycles. The van der Waals surface area contributed by atoms with Gasteiger partial charge in [0.05, 0.1) is 32.5 Å². The molecule has 0 aromatic heterocycles. The third-order valence-corrected chi connectivity index (χ3v) is 6.28. The number of hydrogen-bond donors (Lipinski definition) is 0. The lowest BCUT2D eigenvalue weighted by Crippen LogP contribution is -2.33. The molecule has 0 radical (unpaired) electrons. The number of hydrogen-bond acceptors (Lipinski definition) is 7. The van der Waals surface area contributed by atoms with Crippen molar-refractivity contribution in [3.05, 3.63) is 82.6 Å². The van der Waals surface area contributed by atoms with Crippen molar-refractivity contribution in [2.45, 2.75) is 13.0 Å². The van der Waals surface area contributed by atoms with Crippen molar-refractivity contribution in [1.29, 1.82) is 0 Å². The highest BCUT2D eigenvalue weighted by atomic mass is 16.5. The van der Waals surface area contributed by atoms with Gasteiger partial charge in [-0.2, -0.15) is 0 Å². The van der Waals surface area contributed by atoms with Gasteiger partial charge in [0.15, 0.2) is 17.3 Å². The fourth-order valence-corrected chi connectivity index (χ4v) is 4.43. The predicted molar refractivity (Wildman–Crippen MR) is 132 cm³/mol. The number of benzene rings is 3. The molecule has 7 nitrogen and oxygen atoms in total. The first-order valence-electron chi connectivity index (χ1n) is 11.4. The highest BCUT2D eigenvalue weighted by molar-refractivity contribution is 6.15. The zero-order valence-electron chi connectivity index (χ0n) is 20.0. The third-order valence-electron chi connectivity index (χ3n) is 6.28. The Balaban J connectivity index is 1.36. The first-order valence-corrected chi connectivity index (χ1v) is 11.4. The van der Waals surface area contributed by atoms with E-state index in [4.69, 9.17) is 23.7 Å². The monoisotopic (exact) mass is 473 g/mol. The van der Waals surface area contributed by atoms with Gasteiger partial charge in [0.1, 0.15) is 24.0 Å². The molecule has 7 heteroatoms.